The maximum atomic E-state index is 14.7. The van der Waals surface area contributed by atoms with Crippen LogP contribution in [0.3, 0.4) is 0 Å². The van der Waals surface area contributed by atoms with E-state index in [-0.39, 0.29) is 16.7 Å². The van der Waals surface area contributed by atoms with E-state index in [4.69, 9.17) is 11.6 Å². The Morgan fingerprint density at radius 3 is 1.88 bits per heavy atom. The molecule has 4 rings (SSSR count). The summed E-state index contributed by atoms with van der Waals surface area (Å²) in [7, 11) is 0. The second kappa shape index (κ2) is 7.02. The Morgan fingerprint density at radius 1 is 0.615 bits per heavy atom. The van der Waals surface area contributed by atoms with Crippen LogP contribution >= 0.6 is 11.6 Å². The quantitative estimate of drug-likeness (QED) is 0.472. The average molecular weight is 362 g/mol. The summed E-state index contributed by atoms with van der Waals surface area (Å²) < 4.78 is 14.7. The first-order valence-corrected chi connectivity index (χ1v) is 8.41. The Bertz CT molecular complexity index is 1050. The Morgan fingerprint density at radius 2 is 1.23 bits per heavy atom. The number of rotatable bonds is 3. The second-order valence-electron chi connectivity index (χ2n) is 5.68. The molecule has 0 fully saturated rings. The third-order valence-electron chi connectivity index (χ3n) is 3.96. The minimum atomic E-state index is -0.410. The molecular formula is C21H13ClFN3. The van der Waals surface area contributed by atoms with Crippen molar-refractivity contribution in [3.05, 3.63) is 90.0 Å². The van der Waals surface area contributed by atoms with Crippen molar-refractivity contribution in [1.29, 1.82) is 0 Å². The van der Waals surface area contributed by atoms with E-state index >= 15 is 0 Å². The predicted molar refractivity (Wildman–Crippen MR) is 101 cm³/mol. The zero-order valence-electron chi connectivity index (χ0n) is 13.6. The molecule has 3 nitrogen and oxygen atoms in total. The first-order chi connectivity index (χ1) is 12.7. The molecule has 0 atom stereocenters. The summed E-state index contributed by atoms with van der Waals surface area (Å²) in [6, 6.07) is 24.0. The van der Waals surface area contributed by atoms with E-state index in [0.29, 0.717) is 5.82 Å². The van der Waals surface area contributed by atoms with Crippen molar-refractivity contribution in [3.8, 4) is 33.9 Å². The molecule has 26 heavy (non-hydrogen) atoms. The van der Waals surface area contributed by atoms with Gasteiger partial charge in [0, 0.05) is 5.56 Å². The van der Waals surface area contributed by atoms with E-state index in [1.165, 1.54) is 6.07 Å². The molecule has 0 unspecified atom stereocenters. The van der Waals surface area contributed by atoms with Crippen molar-refractivity contribution < 1.29 is 4.39 Å². The highest BCUT2D eigenvalue weighted by Gasteiger charge is 2.13. The second-order valence-corrected chi connectivity index (χ2v) is 6.02. The van der Waals surface area contributed by atoms with Crippen LogP contribution < -0.4 is 0 Å². The molecule has 0 amide bonds. The molecule has 0 aliphatic carbocycles. The van der Waals surface area contributed by atoms with E-state index in [9.17, 15) is 4.39 Å². The van der Waals surface area contributed by atoms with Crippen LogP contribution in [-0.2, 0) is 0 Å². The summed E-state index contributed by atoms with van der Waals surface area (Å²) in [5.41, 5.74) is 2.80. The van der Waals surface area contributed by atoms with Crippen LogP contribution in [0.4, 0.5) is 4.39 Å². The molecule has 0 N–H and O–H groups in total. The number of halogens is 2. The van der Waals surface area contributed by atoms with E-state index in [2.05, 4.69) is 15.0 Å². The molecule has 5 heteroatoms. The molecule has 0 aliphatic heterocycles. The smallest absolute Gasteiger partial charge is 0.208 e. The van der Waals surface area contributed by atoms with Crippen LogP contribution in [0.25, 0.3) is 33.9 Å². The van der Waals surface area contributed by atoms with Crippen molar-refractivity contribution in [2.45, 2.75) is 0 Å². The minimum absolute atomic E-state index is 0.0281. The van der Waals surface area contributed by atoms with Gasteiger partial charge in [-0.15, -0.1) is 0 Å². The minimum Gasteiger partial charge on any atom is -0.208 e. The number of aromatic nitrogens is 3. The molecular weight excluding hydrogens is 349 g/mol. The van der Waals surface area contributed by atoms with E-state index in [1.54, 1.807) is 6.07 Å². The predicted octanol–water partition coefficient (Wildman–Crippen LogP) is 5.67. The highest BCUT2D eigenvalue weighted by molar-refractivity contribution is 6.28. The van der Waals surface area contributed by atoms with Gasteiger partial charge in [0.15, 0.2) is 11.6 Å². The van der Waals surface area contributed by atoms with Crippen LogP contribution in [0.2, 0.25) is 5.28 Å². The molecule has 3 aromatic carbocycles. The van der Waals surface area contributed by atoms with Crippen molar-refractivity contribution in [3.63, 3.8) is 0 Å². The van der Waals surface area contributed by atoms with Gasteiger partial charge >= 0.3 is 0 Å². The first-order valence-electron chi connectivity index (χ1n) is 8.03. The third kappa shape index (κ3) is 3.32. The van der Waals surface area contributed by atoms with Gasteiger partial charge in [-0.05, 0) is 34.9 Å². The molecule has 1 aromatic heterocycles. The Hall–Kier alpha value is -3.11. The topological polar surface area (TPSA) is 38.7 Å². The summed E-state index contributed by atoms with van der Waals surface area (Å²) in [6.07, 6.45) is 0. The van der Waals surface area contributed by atoms with Gasteiger partial charge in [-0.25, -0.2) is 9.37 Å². The van der Waals surface area contributed by atoms with Crippen LogP contribution in [0.5, 0.6) is 0 Å². The van der Waals surface area contributed by atoms with Crippen LogP contribution in [-0.4, -0.2) is 15.0 Å². The van der Waals surface area contributed by atoms with Gasteiger partial charge in [0.25, 0.3) is 0 Å². The van der Waals surface area contributed by atoms with Gasteiger partial charge in [-0.2, -0.15) is 9.97 Å². The molecule has 0 aliphatic rings. The van der Waals surface area contributed by atoms with Crippen LogP contribution in [0.1, 0.15) is 0 Å². The molecule has 1 heterocycles. The molecule has 0 saturated carbocycles. The van der Waals surface area contributed by atoms with Crippen molar-refractivity contribution in [1.82, 2.24) is 15.0 Å². The molecule has 0 spiro atoms. The van der Waals surface area contributed by atoms with Gasteiger partial charge < -0.3 is 0 Å². The highest BCUT2D eigenvalue weighted by Crippen LogP contribution is 2.27. The Kier molecular flexibility index (Phi) is 4.42. The van der Waals surface area contributed by atoms with Crippen LogP contribution in [0.15, 0.2) is 78.9 Å². The normalized spacial score (nSPS) is 10.7. The van der Waals surface area contributed by atoms with E-state index < -0.39 is 5.82 Å². The van der Waals surface area contributed by atoms with Gasteiger partial charge in [0.1, 0.15) is 5.82 Å². The largest absolute Gasteiger partial charge is 0.226 e. The monoisotopic (exact) mass is 361 g/mol. The van der Waals surface area contributed by atoms with Crippen molar-refractivity contribution in [2.75, 3.05) is 0 Å². The van der Waals surface area contributed by atoms with Crippen LogP contribution in [0, 0.1) is 5.82 Å². The fourth-order valence-corrected chi connectivity index (χ4v) is 2.85. The average Bonchev–Trinajstić information content (AvgIpc) is 2.69. The number of hydrogen-bond donors (Lipinski definition) is 0. The zero-order valence-corrected chi connectivity index (χ0v) is 14.4. The fraction of sp³-hybridized carbons (Fsp3) is 0. The summed E-state index contributed by atoms with van der Waals surface area (Å²) in [4.78, 5) is 12.6. The summed E-state index contributed by atoms with van der Waals surface area (Å²) >= 11 is 6.04. The molecule has 4 aromatic rings. The Labute approximate surface area is 155 Å². The van der Waals surface area contributed by atoms with E-state index in [0.717, 1.165) is 16.7 Å². The fourth-order valence-electron chi connectivity index (χ4n) is 2.69. The molecule has 126 valence electrons. The third-order valence-corrected chi connectivity index (χ3v) is 4.13. The highest BCUT2D eigenvalue weighted by atomic mass is 35.5. The van der Waals surface area contributed by atoms with Gasteiger partial charge in [0.2, 0.25) is 5.28 Å². The van der Waals surface area contributed by atoms with Gasteiger partial charge in [-0.1, -0.05) is 66.7 Å². The summed E-state index contributed by atoms with van der Waals surface area (Å²) in [5, 5.41) is 0.0281. The maximum absolute atomic E-state index is 14.7. The van der Waals surface area contributed by atoms with Crippen molar-refractivity contribution in [2.24, 2.45) is 0 Å². The zero-order chi connectivity index (χ0) is 17.9. The number of benzene rings is 3. The lowest BCUT2D eigenvalue weighted by Crippen LogP contribution is -1.99. The molecule has 0 saturated heterocycles. The maximum Gasteiger partial charge on any atom is 0.226 e. The summed E-state index contributed by atoms with van der Waals surface area (Å²) in [5.74, 6) is 0.209. The Balaban J connectivity index is 1.77. The first kappa shape index (κ1) is 16.4. The number of nitrogens with zero attached hydrogens (tertiary/aromatic N) is 3. The summed E-state index contributed by atoms with van der Waals surface area (Å²) in [6.45, 7) is 0. The molecule has 0 bridgehead atoms. The van der Waals surface area contributed by atoms with E-state index in [1.807, 2.05) is 66.7 Å². The lowest BCUT2D eigenvalue weighted by atomic mass is 10.0. The molecule has 0 radical (unpaired) electrons. The lowest BCUT2D eigenvalue weighted by molar-refractivity contribution is 0.630. The van der Waals surface area contributed by atoms with Gasteiger partial charge in [-0.3, -0.25) is 0 Å². The van der Waals surface area contributed by atoms with Crippen molar-refractivity contribution >= 4 is 11.6 Å². The number of hydrogen-bond acceptors (Lipinski definition) is 3. The standard InChI is InChI=1S/C21H13ClFN3/c22-21-25-19(15-9-5-2-6-10-15)24-20(26-21)17-12-11-16(13-18(17)23)14-7-3-1-4-8-14/h1-13H. The van der Waals surface area contributed by atoms with Gasteiger partial charge in [0.05, 0.1) is 5.56 Å². The SMILES string of the molecule is Fc1cc(-c2ccccc2)ccc1-c1nc(Cl)nc(-c2ccccc2)n1. The lowest BCUT2D eigenvalue weighted by Gasteiger charge is -2.08.